The van der Waals surface area contributed by atoms with E-state index in [1.807, 2.05) is 23.7 Å². The maximum atomic E-state index is 11.1. The van der Waals surface area contributed by atoms with Crippen LogP contribution in [0.5, 0.6) is 0 Å². The first-order chi connectivity index (χ1) is 14.0. The molecule has 2 aromatic carbocycles. The van der Waals surface area contributed by atoms with Crippen molar-refractivity contribution in [3.63, 3.8) is 0 Å². The number of aryl methyl sites for hydroxylation is 2. The van der Waals surface area contributed by atoms with Crippen LogP contribution < -0.4 is 5.32 Å². The zero-order valence-corrected chi connectivity index (χ0v) is 15.9. The first kappa shape index (κ1) is 17.2. The van der Waals surface area contributed by atoms with Gasteiger partial charge in [0.2, 0.25) is 0 Å². The van der Waals surface area contributed by atoms with Gasteiger partial charge in [-0.2, -0.15) is 5.10 Å². The molecule has 5 rings (SSSR count). The Morgan fingerprint density at radius 2 is 1.97 bits per heavy atom. The molecule has 0 spiro atoms. The number of hydrogen-bond acceptors (Lipinski definition) is 5. The Balaban J connectivity index is 1.57. The summed E-state index contributed by atoms with van der Waals surface area (Å²) >= 11 is 0. The summed E-state index contributed by atoms with van der Waals surface area (Å²) in [5, 5.41) is 19.2. The molecule has 0 aliphatic carbocycles. The van der Waals surface area contributed by atoms with Crippen LogP contribution >= 0.6 is 0 Å². The monoisotopic (exact) mass is 386 g/mol. The molecule has 2 aromatic heterocycles. The second-order valence-electron chi connectivity index (χ2n) is 7.22. The number of non-ortho nitro benzene ring substituents is 1. The molecule has 1 aliphatic rings. The quantitative estimate of drug-likeness (QED) is 0.381. The Morgan fingerprint density at radius 1 is 1.10 bits per heavy atom. The Labute approximate surface area is 166 Å². The van der Waals surface area contributed by atoms with Gasteiger partial charge in [0.15, 0.2) is 6.17 Å². The summed E-state index contributed by atoms with van der Waals surface area (Å²) in [6.07, 6.45) is -0.304. The fraction of sp³-hybridized carbons (Fsp3) is 0.136. The maximum Gasteiger partial charge on any atom is 0.270 e. The zero-order chi connectivity index (χ0) is 20.1. The van der Waals surface area contributed by atoms with E-state index in [0.29, 0.717) is 17.1 Å². The highest BCUT2D eigenvalue weighted by Crippen LogP contribution is 2.40. The van der Waals surface area contributed by atoms with Crippen LogP contribution in [0.3, 0.4) is 0 Å². The highest BCUT2D eigenvalue weighted by Gasteiger charge is 2.28. The van der Waals surface area contributed by atoms with Gasteiger partial charge in [-0.15, -0.1) is 0 Å². The van der Waals surface area contributed by atoms with E-state index < -0.39 is 4.92 Å². The SMILES string of the molecule is Cc1ccc2c(c1)-c1cc(C)nn1C(c1ccc(-c3cccc([N+](=O)[O-])c3)o1)N2. The molecule has 0 fully saturated rings. The van der Waals surface area contributed by atoms with Gasteiger partial charge in [0, 0.05) is 28.9 Å². The molecule has 3 heterocycles. The molecular weight excluding hydrogens is 368 g/mol. The van der Waals surface area contributed by atoms with Gasteiger partial charge in [-0.3, -0.25) is 10.1 Å². The molecule has 1 atom stereocenters. The number of furan rings is 1. The van der Waals surface area contributed by atoms with Gasteiger partial charge in [0.25, 0.3) is 5.69 Å². The predicted molar refractivity (Wildman–Crippen MR) is 110 cm³/mol. The van der Waals surface area contributed by atoms with Gasteiger partial charge < -0.3 is 9.73 Å². The zero-order valence-electron chi connectivity index (χ0n) is 15.9. The fourth-order valence-electron chi connectivity index (χ4n) is 3.74. The first-order valence-corrected chi connectivity index (χ1v) is 9.28. The average molecular weight is 386 g/mol. The second kappa shape index (κ2) is 6.34. The van der Waals surface area contributed by atoms with Crippen LogP contribution in [0.2, 0.25) is 0 Å². The Morgan fingerprint density at radius 3 is 2.79 bits per heavy atom. The third-order valence-electron chi connectivity index (χ3n) is 5.08. The molecule has 0 saturated carbocycles. The van der Waals surface area contributed by atoms with Crippen LogP contribution in [-0.2, 0) is 0 Å². The molecule has 0 amide bonds. The van der Waals surface area contributed by atoms with Crippen LogP contribution in [0.25, 0.3) is 22.6 Å². The van der Waals surface area contributed by atoms with Crippen LogP contribution in [0.15, 0.2) is 65.1 Å². The minimum Gasteiger partial charge on any atom is -0.457 e. The molecule has 7 heteroatoms. The highest BCUT2D eigenvalue weighted by molar-refractivity contribution is 5.79. The standard InChI is InChI=1S/C22H18N4O3/c1-13-6-7-18-17(10-13)19-11-14(2)24-25(19)22(23-18)21-9-8-20(29-21)15-4-3-5-16(12-15)26(27)28/h3-12,22-23H,1-2H3. The summed E-state index contributed by atoms with van der Waals surface area (Å²) < 4.78 is 8.03. The van der Waals surface area contributed by atoms with Crippen molar-refractivity contribution in [1.29, 1.82) is 0 Å². The largest absolute Gasteiger partial charge is 0.457 e. The number of nitrogens with zero attached hydrogens (tertiary/aromatic N) is 3. The third-order valence-corrected chi connectivity index (χ3v) is 5.08. The second-order valence-corrected chi connectivity index (χ2v) is 7.22. The van der Waals surface area contributed by atoms with Crippen molar-refractivity contribution in [2.45, 2.75) is 20.0 Å². The minimum absolute atomic E-state index is 0.0329. The molecule has 0 saturated heterocycles. The smallest absolute Gasteiger partial charge is 0.270 e. The number of hydrogen-bond donors (Lipinski definition) is 1. The Hall–Kier alpha value is -3.87. The lowest BCUT2D eigenvalue weighted by Crippen LogP contribution is -2.25. The van der Waals surface area contributed by atoms with E-state index >= 15 is 0 Å². The summed E-state index contributed by atoms with van der Waals surface area (Å²) in [5.41, 5.74) is 5.94. The maximum absolute atomic E-state index is 11.1. The lowest BCUT2D eigenvalue weighted by Gasteiger charge is -2.27. The van der Waals surface area contributed by atoms with Gasteiger partial charge in [0.05, 0.1) is 16.3 Å². The molecule has 1 N–H and O–H groups in total. The summed E-state index contributed by atoms with van der Waals surface area (Å²) in [5.74, 6) is 1.26. The molecule has 29 heavy (non-hydrogen) atoms. The van der Waals surface area contributed by atoms with E-state index in [0.717, 1.165) is 22.6 Å². The lowest BCUT2D eigenvalue weighted by molar-refractivity contribution is -0.384. The average Bonchev–Trinajstić information content (AvgIpc) is 3.34. The van der Waals surface area contributed by atoms with Gasteiger partial charge in [-0.25, -0.2) is 4.68 Å². The highest BCUT2D eigenvalue weighted by atomic mass is 16.6. The van der Waals surface area contributed by atoms with Crippen LogP contribution in [0, 0.1) is 24.0 Å². The summed E-state index contributed by atoms with van der Waals surface area (Å²) in [6, 6.07) is 18.5. The van der Waals surface area contributed by atoms with Crippen molar-refractivity contribution in [2.24, 2.45) is 0 Å². The fourth-order valence-corrected chi connectivity index (χ4v) is 3.74. The van der Waals surface area contributed by atoms with E-state index in [9.17, 15) is 10.1 Å². The number of benzene rings is 2. The first-order valence-electron chi connectivity index (χ1n) is 9.28. The van der Waals surface area contributed by atoms with Crippen LogP contribution in [-0.4, -0.2) is 14.7 Å². The molecule has 144 valence electrons. The summed E-state index contributed by atoms with van der Waals surface area (Å²) in [6.45, 7) is 4.03. The molecular formula is C22H18N4O3. The number of nitrogens with one attached hydrogen (secondary N) is 1. The normalized spacial score (nSPS) is 14.8. The van der Waals surface area contributed by atoms with E-state index in [2.05, 4.69) is 41.6 Å². The van der Waals surface area contributed by atoms with E-state index in [-0.39, 0.29) is 11.9 Å². The number of fused-ring (bicyclic) bond motifs is 3. The van der Waals surface area contributed by atoms with Crippen molar-refractivity contribution in [3.8, 4) is 22.6 Å². The van der Waals surface area contributed by atoms with E-state index in [4.69, 9.17) is 4.42 Å². The van der Waals surface area contributed by atoms with Gasteiger partial charge in [-0.05, 0) is 44.2 Å². The molecule has 7 nitrogen and oxygen atoms in total. The van der Waals surface area contributed by atoms with E-state index in [1.54, 1.807) is 12.1 Å². The molecule has 1 unspecified atom stereocenters. The van der Waals surface area contributed by atoms with Gasteiger partial charge in [0.1, 0.15) is 11.5 Å². The Kier molecular flexibility index (Phi) is 3.77. The third kappa shape index (κ3) is 2.87. The number of aromatic nitrogens is 2. The van der Waals surface area contributed by atoms with Crippen molar-refractivity contribution < 1.29 is 9.34 Å². The molecule has 1 aliphatic heterocycles. The molecule has 0 radical (unpaired) electrons. The number of nitro benzene ring substituents is 1. The van der Waals surface area contributed by atoms with Gasteiger partial charge in [-0.1, -0.05) is 23.8 Å². The van der Waals surface area contributed by atoms with Crippen molar-refractivity contribution in [3.05, 3.63) is 87.8 Å². The number of rotatable bonds is 3. The summed E-state index contributed by atoms with van der Waals surface area (Å²) in [7, 11) is 0. The minimum atomic E-state index is -0.409. The van der Waals surface area contributed by atoms with Crippen molar-refractivity contribution >= 4 is 11.4 Å². The van der Waals surface area contributed by atoms with Crippen LogP contribution in [0.1, 0.15) is 23.2 Å². The molecule has 4 aromatic rings. The van der Waals surface area contributed by atoms with Crippen LogP contribution in [0.4, 0.5) is 11.4 Å². The topological polar surface area (TPSA) is 86.1 Å². The van der Waals surface area contributed by atoms with Gasteiger partial charge >= 0.3 is 0 Å². The Bertz CT molecular complexity index is 1250. The lowest BCUT2D eigenvalue weighted by atomic mass is 10.0. The predicted octanol–water partition coefficient (Wildman–Crippen LogP) is 5.31. The summed E-state index contributed by atoms with van der Waals surface area (Å²) in [4.78, 5) is 10.7. The van der Waals surface area contributed by atoms with Crippen molar-refractivity contribution in [2.75, 3.05) is 5.32 Å². The number of nitro groups is 1. The van der Waals surface area contributed by atoms with E-state index in [1.165, 1.54) is 17.7 Å². The molecule has 0 bridgehead atoms. The number of anilines is 1. The van der Waals surface area contributed by atoms with Crippen molar-refractivity contribution in [1.82, 2.24) is 9.78 Å².